The molecule has 1 fully saturated rings. The third-order valence-electron chi connectivity index (χ3n) is 2.61. The molecule has 1 aromatic rings. The molecule has 1 unspecified atom stereocenters. The van der Waals surface area contributed by atoms with E-state index in [1.54, 1.807) is 0 Å². The summed E-state index contributed by atoms with van der Waals surface area (Å²) in [4.78, 5) is 14.4. The molecule has 7 nitrogen and oxygen atoms in total. The molecule has 0 aromatic carbocycles. The Morgan fingerprint density at radius 3 is 2.50 bits per heavy atom. The molecule has 100 valence electrons. The van der Waals surface area contributed by atoms with Crippen molar-refractivity contribution in [2.24, 2.45) is 0 Å². The van der Waals surface area contributed by atoms with E-state index in [2.05, 4.69) is 15.0 Å². The largest absolute Gasteiger partial charge is 0.467 e. The predicted octanol–water partition coefficient (Wildman–Crippen LogP) is 0.333. The number of methoxy groups -OCH3 is 2. The van der Waals surface area contributed by atoms with Gasteiger partial charge < -0.3 is 19.1 Å². The number of hydrogen-bond acceptors (Lipinski definition) is 7. The number of anilines is 1. The van der Waals surface area contributed by atoms with E-state index in [1.165, 1.54) is 14.2 Å². The van der Waals surface area contributed by atoms with Crippen LogP contribution in [-0.4, -0.2) is 60.9 Å². The average Bonchev–Trinajstić information content (AvgIpc) is 2.46. The maximum Gasteiger partial charge on any atom is 0.324 e. The molecule has 1 aliphatic rings. The normalized spacial score (nSPS) is 19.7. The van der Waals surface area contributed by atoms with Crippen LogP contribution in [0.1, 0.15) is 0 Å². The molecule has 0 bridgehead atoms. The molecule has 0 aliphatic carbocycles. The molecule has 0 amide bonds. The Bertz CT molecular complexity index is 384. The Morgan fingerprint density at radius 2 is 1.94 bits per heavy atom. The summed E-state index contributed by atoms with van der Waals surface area (Å²) in [6.07, 6.45) is 0. The fourth-order valence-corrected chi connectivity index (χ4v) is 1.94. The lowest BCUT2D eigenvalue weighted by molar-refractivity contribution is 0.0987. The first-order valence-corrected chi connectivity index (χ1v) is 6.06. The first kappa shape index (κ1) is 13.1. The van der Waals surface area contributed by atoms with Gasteiger partial charge in [-0.15, -0.1) is 16.6 Å². The van der Waals surface area contributed by atoms with E-state index < -0.39 is 0 Å². The topological polar surface area (TPSA) is 69.6 Å². The van der Waals surface area contributed by atoms with Gasteiger partial charge in [0.1, 0.15) is 0 Å². The number of morpholine rings is 1. The monoisotopic (exact) mass is 274 g/mol. The lowest BCUT2D eigenvalue weighted by Crippen LogP contribution is -2.47. The zero-order valence-corrected chi connectivity index (χ0v) is 11.1. The molecular weight excluding hydrogens is 260 g/mol. The second-order valence-electron chi connectivity index (χ2n) is 3.69. The van der Waals surface area contributed by atoms with Gasteiger partial charge in [0.05, 0.1) is 33.5 Å². The number of hydrogen-bond donors (Lipinski definition) is 0. The Labute approximate surface area is 110 Å². The van der Waals surface area contributed by atoms with Crippen LogP contribution in [-0.2, 0) is 4.74 Å². The lowest BCUT2D eigenvalue weighted by atomic mass is 10.3. The highest BCUT2D eigenvalue weighted by molar-refractivity contribution is 6.18. The van der Waals surface area contributed by atoms with Crippen molar-refractivity contribution in [2.45, 2.75) is 6.04 Å². The Balaban J connectivity index is 2.29. The van der Waals surface area contributed by atoms with Crippen LogP contribution >= 0.6 is 11.6 Å². The summed E-state index contributed by atoms with van der Waals surface area (Å²) in [6, 6.07) is 0.477. The van der Waals surface area contributed by atoms with Gasteiger partial charge in [0.25, 0.3) is 0 Å². The third kappa shape index (κ3) is 2.73. The summed E-state index contributed by atoms with van der Waals surface area (Å²) in [5.41, 5.74) is 0. The summed E-state index contributed by atoms with van der Waals surface area (Å²) < 4.78 is 15.4. The van der Waals surface area contributed by atoms with Crippen molar-refractivity contribution < 1.29 is 14.2 Å². The molecular formula is C10H15ClN4O3. The number of ether oxygens (including phenoxy) is 3. The first-order chi connectivity index (χ1) is 8.78. The number of halogens is 1. The molecule has 2 rings (SSSR count). The second kappa shape index (κ2) is 6.01. The summed E-state index contributed by atoms with van der Waals surface area (Å²) in [5.74, 6) is 0.934. The number of nitrogens with zero attached hydrogens (tertiary/aromatic N) is 4. The minimum atomic E-state index is 0.0391. The van der Waals surface area contributed by atoms with E-state index >= 15 is 0 Å². The fourth-order valence-electron chi connectivity index (χ4n) is 1.68. The quantitative estimate of drug-likeness (QED) is 0.733. The van der Waals surface area contributed by atoms with E-state index in [4.69, 9.17) is 25.8 Å². The van der Waals surface area contributed by atoms with Crippen LogP contribution in [0.4, 0.5) is 5.95 Å². The smallest absolute Gasteiger partial charge is 0.324 e. The molecule has 18 heavy (non-hydrogen) atoms. The van der Waals surface area contributed by atoms with Crippen LogP contribution in [0.5, 0.6) is 12.0 Å². The maximum absolute atomic E-state index is 5.92. The standard InChI is InChI=1S/C10H15ClN4O3/c1-16-9-12-8(13-10(14-9)17-2)15-3-4-18-6-7(15)5-11/h7H,3-6H2,1-2H3. The summed E-state index contributed by atoms with van der Waals surface area (Å²) in [7, 11) is 2.99. The predicted molar refractivity (Wildman–Crippen MR) is 65.6 cm³/mol. The molecule has 1 aromatic heterocycles. The van der Waals surface area contributed by atoms with Crippen molar-refractivity contribution in [2.75, 3.05) is 44.8 Å². The van der Waals surface area contributed by atoms with Crippen molar-refractivity contribution in [1.82, 2.24) is 15.0 Å². The van der Waals surface area contributed by atoms with Crippen molar-refractivity contribution in [3.63, 3.8) is 0 Å². The molecule has 0 spiro atoms. The van der Waals surface area contributed by atoms with Crippen molar-refractivity contribution in [3.8, 4) is 12.0 Å². The zero-order valence-electron chi connectivity index (χ0n) is 10.3. The number of alkyl halides is 1. The third-order valence-corrected chi connectivity index (χ3v) is 2.97. The van der Waals surface area contributed by atoms with Crippen molar-refractivity contribution in [3.05, 3.63) is 0 Å². The maximum atomic E-state index is 5.92. The van der Waals surface area contributed by atoms with Crippen LogP contribution in [0.2, 0.25) is 0 Å². The highest BCUT2D eigenvalue weighted by Gasteiger charge is 2.25. The average molecular weight is 275 g/mol. The number of rotatable bonds is 4. The molecule has 0 saturated carbocycles. The van der Waals surface area contributed by atoms with Crippen LogP contribution in [0.3, 0.4) is 0 Å². The molecule has 8 heteroatoms. The van der Waals surface area contributed by atoms with Crippen LogP contribution < -0.4 is 14.4 Å². The van der Waals surface area contributed by atoms with Gasteiger partial charge in [-0.1, -0.05) is 0 Å². The minimum absolute atomic E-state index is 0.0391. The highest BCUT2D eigenvalue weighted by Crippen LogP contribution is 2.20. The van der Waals surface area contributed by atoms with Crippen molar-refractivity contribution >= 4 is 17.5 Å². The minimum Gasteiger partial charge on any atom is -0.467 e. The van der Waals surface area contributed by atoms with Gasteiger partial charge >= 0.3 is 12.0 Å². The van der Waals surface area contributed by atoms with Gasteiger partial charge in [-0.05, 0) is 0 Å². The Hall–Kier alpha value is -1.34. The summed E-state index contributed by atoms with van der Waals surface area (Å²) >= 11 is 5.92. The van der Waals surface area contributed by atoms with E-state index in [-0.39, 0.29) is 18.1 Å². The SMILES string of the molecule is COc1nc(OC)nc(N2CCOCC2CCl)n1. The fraction of sp³-hybridized carbons (Fsp3) is 0.700. The van der Waals surface area contributed by atoms with Gasteiger partial charge in [-0.2, -0.15) is 9.97 Å². The number of aromatic nitrogens is 3. The lowest BCUT2D eigenvalue weighted by Gasteiger charge is -2.34. The summed E-state index contributed by atoms with van der Waals surface area (Å²) in [6.45, 7) is 1.84. The molecule has 0 N–H and O–H groups in total. The zero-order chi connectivity index (χ0) is 13.0. The van der Waals surface area contributed by atoms with Gasteiger partial charge in [0.15, 0.2) is 0 Å². The molecule has 2 heterocycles. The first-order valence-electron chi connectivity index (χ1n) is 5.53. The Kier molecular flexibility index (Phi) is 4.38. The molecule has 1 atom stereocenters. The molecule has 1 aliphatic heterocycles. The second-order valence-corrected chi connectivity index (χ2v) is 3.99. The van der Waals surface area contributed by atoms with Crippen LogP contribution in [0.15, 0.2) is 0 Å². The van der Waals surface area contributed by atoms with Crippen LogP contribution in [0, 0.1) is 0 Å². The van der Waals surface area contributed by atoms with Gasteiger partial charge in [0, 0.05) is 12.4 Å². The molecule has 0 radical (unpaired) electrons. The molecule has 1 saturated heterocycles. The van der Waals surface area contributed by atoms with E-state index in [9.17, 15) is 0 Å². The van der Waals surface area contributed by atoms with Crippen molar-refractivity contribution in [1.29, 1.82) is 0 Å². The van der Waals surface area contributed by atoms with Crippen LogP contribution in [0.25, 0.3) is 0 Å². The van der Waals surface area contributed by atoms with Gasteiger partial charge in [-0.3, -0.25) is 0 Å². The van der Waals surface area contributed by atoms with Gasteiger partial charge in [0.2, 0.25) is 5.95 Å². The van der Waals surface area contributed by atoms with E-state index in [0.717, 1.165) is 0 Å². The summed E-state index contributed by atoms with van der Waals surface area (Å²) in [5, 5.41) is 0. The highest BCUT2D eigenvalue weighted by atomic mass is 35.5. The Morgan fingerprint density at radius 1 is 1.28 bits per heavy atom. The van der Waals surface area contributed by atoms with Gasteiger partial charge in [-0.25, -0.2) is 0 Å². The van der Waals surface area contributed by atoms with E-state index in [1.807, 2.05) is 4.90 Å². The van der Waals surface area contributed by atoms with E-state index in [0.29, 0.717) is 31.6 Å².